The Morgan fingerprint density at radius 1 is 1.52 bits per heavy atom. The lowest BCUT2D eigenvalue weighted by molar-refractivity contribution is -0.149. The number of hydrogen-bond donors (Lipinski definition) is 1. The van der Waals surface area contributed by atoms with Gasteiger partial charge in [-0.1, -0.05) is 0 Å². The van der Waals surface area contributed by atoms with Crippen LogP contribution >= 0.6 is 35.3 Å². The molecule has 23 heavy (non-hydrogen) atoms. The number of rotatable bonds is 4. The van der Waals surface area contributed by atoms with Crippen molar-refractivity contribution in [2.45, 2.75) is 33.2 Å². The molecular formula is C15H25IN4O2S. The molecule has 1 aliphatic rings. The zero-order valence-electron chi connectivity index (χ0n) is 13.9. The summed E-state index contributed by atoms with van der Waals surface area (Å²) in [5, 5.41) is 6.45. The smallest absolute Gasteiger partial charge is 0.309 e. The Labute approximate surface area is 158 Å². The van der Waals surface area contributed by atoms with Gasteiger partial charge in [0, 0.05) is 31.2 Å². The molecule has 0 atom stereocenters. The molecule has 0 amide bonds. The van der Waals surface area contributed by atoms with E-state index in [1.54, 1.807) is 18.4 Å². The Morgan fingerprint density at radius 2 is 2.22 bits per heavy atom. The molecular weight excluding hydrogens is 427 g/mol. The Bertz CT molecular complexity index is 527. The number of thiazole rings is 1. The SMILES string of the molecule is CCOC(=O)C1CCN(C(=NC)NCc2nc(C)cs2)CC1.I. The number of halogens is 1. The molecule has 0 radical (unpaired) electrons. The third-order valence-electron chi connectivity index (χ3n) is 3.69. The van der Waals surface area contributed by atoms with Crippen LogP contribution in [0.4, 0.5) is 0 Å². The van der Waals surface area contributed by atoms with Crippen molar-refractivity contribution in [1.29, 1.82) is 0 Å². The van der Waals surface area contributed by atoms with E-state index in [1.807, 2.05) is 19.2 Å². The number of carbonyl (C=O) groups is 1. The van der Waals surface area contributed by atoms with Crippen LogP contribution in [0.15, 0.2) is 10.4 Å². The number of hydrogen-bond acceptors (Lipinski definition) is 5. The van der Waals surface area contributed by atoms with E-state index in [-0.39, 0.29) is 35.9 Å². The second-order valence-electron chi connectivity index (χ2n) is 5.30. The first-order chi connectivity index (χ1) is 10.6. The maximum absolute atomic E-state index is 11.8. The molecule has 0 unspecified atom stereocenters. The van der Waals surface area contributed by atoms with Crippen molar-refractivity contribution in [2.24, 2.45) is 10.9 Å². The van der Waals surface area contributed by atoms with Gasteiger partial charge in [-0.2, -0.15) is 0 Å². The highest BCUT2D eigenvalue weighted by Crippen LogP contribution is 2.19. The van der Waals surface area contributed by atoms with Crippen molar-refractivity contribution in [2.75, 3.05) is 26.7 Å². The summed E-state index contributed by atoms with van der Waals surface area (Å²) in [5.41, 5.74) is 1.05. The van der Waals surface area contributed by atoms with Gasteiger partial charge in [-0.05, 0) is 26.7 Å². The Kier molecular flexibility index (Phi) is 8.82. The first-order valence-corrected chi connectivity index (χ1v) is 8.55. The number of carbonyl (C=O) groups excluding carboxylic acids is 1. The van der Waals surface area contributed by atoms with Crippen molar-refractivity contribution < 1.29 is 9.53 Å². The largest absolute Gasteiger partial charge is 0.466 e. The number of likely N-dealkylation sites (tertiary alicyclic amines) is 1. The van der Waals surface area contributed by atoms with E-state index in [1.165, 1.54) is 0 Å². The lowest BCUT2D eigenvalue weighted by atomic mass is 9.97. The fraction of sp³-hybridized carbons (Fsp3) is 0.667. The van der Waals surface area contributed by atoms with Crippen LogP contribution in [0.25, 0.3) is 0 Å². The molecule has 0 aliphatic carbocycles. The standard InChI is InChI=1S/C15H24N4O2S.HI/c1-4-21-14(20)12-5-7-19(8-6-12)15(16-3)17-9-13-18-11(2)10-22-13;/h10,12H,4-9H2,1-3H3,(H,16,17);1H. The Hall–Kier alpha value is -0.900. The topological polar surface area (TPSA) is 66.8 Å². The first kappa shape index (κ1) is 20.1. The van der Waals surface area contributed by atoms with Gasteiger partial charge in [0.05, 0.1) is 19.1 Å². The summed E-state index contributed by atoms with van der Waals surface area (Å²) in [6, 6.07) is 0. The summed E-state index contributed by atoms with van der Waals surface area (Å²) in [4.78, 5) is 22.7. The molecule has 1 saturated heterocycles. The quantitative estimate of drug-likeness (QED) is 0.329. The van der Waals surface area contributed by atoms with Crippen molar-refractivity contribution in [1.82, 2.24) is 15.2 Å². The summed E-state index contributed by atoms with van der Waals surface area (Å²) < 4.78 is 5.10. The molecule has 1 fully saturated rings. The molecule has 0 spiro atoms. The third-order valence-corrected chi connectivity index (χ3v) is 4.66. The van der Waals surface area contributed by atoms with Crippen LogP contribution in [0, 0.1) is 12.8 Å². The average molecular weight is 452 g/mol. The molecule has 0 bridgehead atoms. The molecule has 1 aromatic rings. The van der Waals surface area contributed by atoms with Gasteiger partial charge >= 0.3 is 5.97 Å². The summed E-state index contributed by atoms with van der Waals surface area (Å²) in [5.74, 6) is 0.828. The van der Waals surface area contributed by atoms with E-state index in [9.17, 15) is 4.79 Å². The molecule has 1 N–H and O–H groups in total. The summed E-state index contributed by atoms with van der Waals surface area (Å²) in [6.45, 7) is 6.62. The molecule has 2 rings (SSSR count). The third kappa shape index (κ3) is 5.91. The van der Waals surface area contributed by atoms with Gasteiger partial charge in [0.1, 0.15) is 5.01 Å². The van der Waals surface area contributed by atoms with Crippen molar-refractivity contribution in [3.05, 3.63) is 16.1 Å². The zero-order valence-corrected chi connectivity index (χ0v) is 17.0. The van der Waals surface area contributed by atoms with E-state index < -0.39 is 0 Å². The predicted octanol–water partition coefficient (Wildman–Crippen LogP) is 2.42. The van der Waals surface area contributed by atoms with Crippen LogP contribution < -0.4 is 5.32 Å². The molecule has 0 aromatic carbocycles. The molecule has 0 saturated carbocycles. The van der Waals surface area contributed by atoms with E-state index in [4.69, 9.17) is 4.74 Å². The van der Waals surface area contributed by atoms with Crippen LogP contribution in [0.2, 0.25) is 0 Å². The molecule has 1 aliphatic heterocycles. The minimum Gasteiger partial charge on any atom is -0.466 e. The van der Waals surface area contributed by atoms with Gasteiger partial charge in [0.15, 0.2) is 5.96 Å². The first-order valence-electron chi connectivity index (χ1n) is 7.67. The van der Waals surface area contributed by atoms with Gasteiger partial charge in [-0.3, -0.25) is 9.79 Å². The Balaban J connectivity index is 0.00000264. The van der Waals surface area contributed by atoms with Crippen LogP contribution in [0.5, 0.6) is 0 Å². The molecule has 1 aromatic heterocycles. The summed E-state index contributed by atoms with van der Waals surface area (Å²) in [7, 11) is 1.78. The summed E-state index contributed by atoms with van der Waals surface area (Å²) in [6.07, 6.45) is 1.63. The number of ether oxygens (including phenoxy) is 1. The normalized spacial score (nSPS) is 16.0. The maximum atomic E-state index is 11.8. The van der Waals surface area contributed by atoms with Crippen LogP contribution in [-0.4, -0.2) is 48.6 Å². The number of nitrogens with zero attached hydrogens (tertiary/aromatic N) is 3. The number of nitrogens with one attached hydrogen (secondary N) is 1. The number of guanidine groups is 1. The number of aryl methyl sites for hydroxylation is 1. The van der Waals surface area contributed by atoms with E-state index in [2.05, 4.69) is 20.2 Å². The monoisotopic (exact) mass is 452 g/mol. The van der Waals surface area contributed by atoms with Gasteiger partial charge < -0.3 is 15.0 Å². The van der Waals surface area contributed by atoms with E-state index in [0.29, 0.717) is 13.2 Å². The van der Waals surface area contributed by atoms with Gasteiger partial charge in [0.25, 0.3) is 0 Å². The highest BCUT2D eigenvalue weighted by atomic mass is 127. The van der Waals surface area contributed by atoms with Gasteiger partial charge in [0.2, 0.25) is 0 Å². The fourth-order valence-corrected chi connectivity index (χ4v) is 3.27. The van der Waals surface area contributed by atoms with Crippen molar-refractivity contribution >= 4 is 47.2 Å². The summed E-state index contributed by atoms with van der Waals surface area (Å²) >= 11 is 1.65. The van der Waals surface area contributed by atoms with E-state index in [0.717, 1.165) is 42.6 Å². The number of aromatic nitrogens is 1. The molecule has 2 heterocycles. The fourth-order valence-electron chi connectivity index (χ4n) is 2.56. The number of esters is 1. The molecule has 8 heteroatoms. The number of piperidine rings is 1. The zero-order chi connectivity index (χ0) is 15.9. The van der Waals surface area contributed by atoms with Crippen LogP contribution in [0.1, 0.15) is 30.5 Å². The highest BCUT2D eigenvalue weighted by molar-refractivity contribution is 14.0. The Morgan fingerprint density at radius 3 is 2.74 bits per heavy atom. The van der Waals surface area contributed by atoms with Crippen molar-refractivity contribution in [3.63, 3.8) is 0 Å². The molecule has 130 valence electrons. The van der Waals surface area contributed by atoms with Crippen LogP contribution in [0.3, 0.4) is 0 Å². The lowest BCUT2D eigenvalue weighted by Crippen LogP contribution is -2.46. The number of aliphatic imine (C=N–C) groups is 1. The second-order valence-corrected chi connectivity index (χ2v) is 6.24. The molecule has 6 nitrogen and oxygen atoms in total. The lowest BCUT2D eigenvalue weighted by Gasteiger charge is -2.33. The minimum absolute atomic E-state index is 0. The predicted molar refractivity (Wildman–Crippen MR) is 103 cm³/mol. The van der Waals surface area contributed by atoms with Gasteiger partial charge in [-0.15, -0.1) is 35.3 Å². The maximum Gasteiger partial charge on any atom is 0.309 e. The van der Waals surface area contributed by atoms with Gasteiger partial charge in [-0.25, -0.2) is 4.98 Å². The second kappa shape index (κ2) is 10.1. The van der Waals surface area contributed by atoms with Crippen LogP contribution in [-0.2, 0) is 16.1 Å². The van der Waals surface area contributed by atoms with Crippen molar-refractivity contribution in [3.8, 4) is 0 Å². The highest BCUT2D eigenvalue weighted by Gasteiger charge is 2.27. The average Bonchev–Trinajstić information content (AvgIpc) is 2.94. The van der Waals surface area contributed by atoms with E-state index >= 15 is 0 Å². The minimum atomic E-state index is -0.0663.